The third kappa shape index (κ3) is 2.13. The first-order chi connectivity index (χ1) is 9.61. The molecular formula is C14H9Br2NO3. The number of nitro groups is 1. The van der Waals surface area contributed by atoms with Crippen molar-refractivity contribution in [3.63, 3.8) is 0 Å². The largest absolute Gasteiger partial charge is 0.456 e. The summed E-state index contributed by atoms with van der Waals surface area (Å²) < 4.78 is 5.68. The molecule has 4 nitrogen and oxygen atoms in total. The minimum absolute atomic E-state index is 0.0675. The average molecular weight is 399 g/mol. The number of hydrogen-bond donors (Lipinski definition) is 0. The maximum absolute atomic E-state index is 11.2. The molecule has 102 valence electrons. The third-order valence-electron chi connectivity index (χ3n) is 3.20. The van der Waals surface area contributed by atoms with Crippen LogP contribution in [0.2, 0.25) is 0 Å². The third-order valence-corrected chi connectivity index (χ3v) is 5.53. The lowest BCUT2D eigenvalue weighted by atomic mass is 10.1. The van der Waals surface area contributed by atoms with Gasteiger partial charge in [-0.05, 0) is 12.1 Å². The van der Waals surface area contributed by atoms with Gasteiger partial charge in [-0.2, -0.15) is 0 Å². The van der Waals surface area contributed by atoms with Gasteiger partial charge in [0.1, 0.15) is 11.2 Å². The highest BCUT2D eigenvalue weighted by Crippen LogP contribution is 2.38. The predicted molar refractivity (Wildman–Crippen MR) is 85.8 cm³/mol. The molecule has 1 unspecified atom stereocenters. The van der Waals surface area contributed by atoms with Gasteiger partial charge < -0.3 is 4.42 Å². The van der Waals surface area contributed by atoms with Crippen LogP contribution in [0.5, 0.6) is 0 Å². The minimum Gasteiger partial charge on any atom is -0.456 e. The second-order valence-electron chi connectivity index (χ2n) is 4.38. The highest BCUT2D eigenvalue weighted by molar-refractivity contribution is 9.12. The molecule has 0 bridgehead atoms. The van der Waals surface area contributed by atoms with Gasteiger partial charge in [0.25, 0.3) is 5.69 Å². The number of nitrogens with zero attached hydrogens (tertiary/aromatic N) is 1. The highest BCUT2D eigenvalue weighted by atomic mass is 79.9. The van der Waals surface area contributed by atoms with Crippen LogP contribution in [0.15, 0.2) is 40.8 Å². The lowest BCUT2D eigenvalue weighted by Gasteiger charge is -2.07. The van der Waals surface area contributed by atoms with E-state index in [4.69, 9.17) is 4.42 Å². The Morgan fingerprint density at radius 2 is 1.95 bits per heavy atom. The van der Waals surface area contributed by atoms with E-state index in [-0.39, 0.29) is 15.4 Å². The van der Waals surface area contributed by atoms with E-state index in [1.807, 2.05) is 30.3 Å². The summed E-state index contributed by atoms with van der Waals surface area (Å²) in [4.78, 5) is 10.7. The Kier molecular flexibility index (Phi) is 3.52. The zero-order valence-corrected chi connectivity index (χ0v) is 13.3. The molecule has 0 aliphatic heterocycles. The summed E-state index contributed by atoms with van der Waals surface area (Å²) in [5.41, 5.74) is 1.98. The van der Waals surface area contributed by atoms with Crippen LogP contribution in [-0.2, 0) is 0 Å². The van der Waals surface area contributed by atoms with Gasteiger partial charge in [-0.1, -0.05) is 50.1 Å². The number of halogens is 2. The molecule has 1 atom stereocenters. The van der Waals surface area contributed by atoms with E-state index in [2.05, 4.69) is 31.9 Å². The molecule has 2 aromatic carbocycles. The molecule has 0 saturated carbocycles. The van der Waals surface area contributed by atoms with Crippen molar-refractivity contribution in [2.45, 2.75) is 4.83 Å². The van der Waals surface area contributed by atoms with Crippen LogP contribution in [0.1, 0.15) is 10.4 Å². The summed E-state index contributed by atoms with van der Waals surface area (Å²) >= 11 is 6.81. The first kappa shape index (κ1) is 13.6. The van der Waals surface area contributed by atoms with Gasteiger partial charge in [0.2, 0.25) is 0 Å². The fraction of sp³-hybridized carbons (Fsp3) is 0.143. The van der Waals surface area contributed by atoms with Crippen molar-refractivity contribution < 1.29 is 9.34 Å². The van der Waals surface area contributed by atoms with Gasteiger partial charge in [0, 0.05) is 21.7 Å². The molecule has 0 fully saturated rings. The molecule has 0 radical (unpaired) electrons. The van der Waals surface area contributed by atoms with Crippen LogP contribution in [0.4, 0.5) is 5.69 Å². The molecule has 6 heteroatoms. The number of fused-ring (bicyclic) bond motifs is 3. The fourth-order valence-electron chi connectivity index (χ4n) is 2.27. The Morgan fingerprint density at radius 1 is 1.20 bits per heavy atom. The van der Waals surface area contributed by atoms with Gasteiger partial charge in [-0.15, -0.1) is 0 Å². The van der Waals surface area contributed by atoms with E-state index in [0.29, 0.717) is 16.5 Å². The Hall–Kier alpha value is -1.40. The fourth-order valence-corrected chi connectivity index (χ4v) is 2.98. The van der Waals surface area contributed by atoms with Crippen molar-refractivity contribution in [1.82, 2.24) is 0 Å². The van der Waals surface area contributed by atoms with E-state index in [9.17, 15) is 10.1 Å². The smallest absolute Gasteiger partial charge is 0.277 e. The molecule has 3 rings (SSSR count). The average Bonchev–Trinajstić information content (AvgIpc) is 2.82. The molecule has 1 aromatic heterocycles. The van der Waals surface area contributed by atoms with Gasteiger partial charge in [-0.25, -0.2) is 0 Å². The highest BCUT2D eigenvalue weighted by Gasteiger charge is 2.22. The molecular weight excluding hydrogens is 390 g/mol. The number of benzene rings is 2. The molecule has 0 aliphatic carbocycles. The number of alkyl halides is 2. The van der Waals surface area contributed by atoms with Crippen LogP contribution in [0.25, 0.3) is 21.9 Å². The topological polar surface area (TPSA) is 56.3 Å². The molecule has 0 aliphatic rings. The van der Waals surface area contributed by atoms with Crippen molar-refractivity contribution in [3.05, 3.63) is 52.1 Å². The minimum atomic E-state index is -0.376. The lowest BCUT2D eigenvalue weighted by molar-refractivity contribution is -0.385. The first-order valence-corrected chi connectivity index (χ1v) is 7.95. The predicted octanol–water partition coefficient (Wildman–Crippen LogP) is 5.33. The molecule has 3 aromatic rings. The molecule has 1 heterocycles. The zero-order valence-electron chi connectivity index (χ0n) is 10.2. The second kappa shape index (κ2) is 5.18. The molecule has 0 saturated heterocycles. The number of para-hydroxylation sites is 1. The summed E-state index contributed by atoms with van der Waals surface area (Å²) in [5.74, 6) is 0. The quantitative estimate of drug-likeness (QED) is 0.340. The monoisotopic (exact) mass is 397 g/mol. The van der Waals surface area contributed by atoms with Gasteiger partial charge >= 0.3 is 0 Å². The number of nitro benzene ring substituents is 1. The van der Waals surface area contributed by atoms with Crippen LogP contribution in [0, 0.1) is 10.1 Å². The van der Waals surface area contributed by atoms with Crippen molar-refractivity contribution in [3.8, 4) is 0 Å². The van der Waals surface area contributed by atoms with Crippen molar-refractivity contribution >= 4 is 59.5 Å². The Labute approximate surface area is 131 Å². The molecule has 0 N–H and O–H groups in total. The van der Waals surface area contributed by atoms with Crippen molar-refractivity contribution in [1.29, 1.82) is 0 Å². The van der Waals surface area contributed by atoms with Gasteiger partial charge in [0.15, 0.2) is 0 Å². The van der Waals surface area contributed by atoms with Crippen LogP contribution in [0.3, 0.4) is 0 Å². The van der Waals surface area contributed by atoms with E-state index in [0.717, 1.165) is 16.4 Å². The van der Waals surface area contributed by atoms with E-state index in [1.165, 1.54) is 6.07 Å². The van der Waals surface area contributed by atoms with Gasteiger partial charge in [-0.3, -0.25) is 10.1 Å². The maximum atomic E-state index is 11.2. The van der Waals surface area contributed by atoms with Crippen molar-refractivity contribution in [2.75, 3.05) is 5.33 Å². The van der Waals surface area contributed by atoms with E-state index in [1.54, 1.807) is 0 Å². The SMILES string of the molecule is O=[N+]([O-])c1cc2oc3ccccc3c2cc1C(Br)CBr. The van der Waals surface area contributed by atoms with Crippen LogP contribution in [-0.4, -0.2) is 10.3 Å². The molecule has 20 heavy (non-hydrogen) atoms. The first-order valence-electron chi connectivity index (χ1n) is 5.91. The number of furan rings is 1. The number of rotatable bonds is 3. The Balaban J connectivity index is 2.38. The summed E-state index contributed by atoms with van der Waals surface area (Å²) in [7, 11) is 0. The second-order valence-corrected chi connectivity index (χ2v) is 6.14. The van der Waals surface area contributed by atoms with E-state index < -0.39 is 0 Å². The maximum Gasteiger partial charge on any atom is 0.277 e. The standard InChI is InChI=1S/C14H9Br2NO3/c15-7-11(16)10-5-9-8-3-1-2-4-13(8)20-14(9)6-12(10)17(18)19/h1-6,11H,7H2. The van der Waals surface area contributed by atoms with Crippen LogP contribution < -0.4 is 0 Å². The summed E-state index contributed by atoms with van der Waals surface area (Å²) in [5, 5.41) is 13.7. The van der Waals surface area contributed by atoms with Crippen LogP contribution >= 0.6 is 31.9 Å². The van der Waals surface area contributed by atoms with E-state index >= 15 is 0 Å². The Morgan fingerprint density at radius 3 is 2.65 bits per heavy atom. The summed E-state index contributed by atoms with van der Waals surface area (Å²) in [6.07, 6.45) is 0. The Bertz CT molecular complexity index is 813. The summed E-state index contributed by atoms with van der Waals surface area (Å²) in [6, 6.07) is 11.0. The molecule has 0 spiro atoms. The lowest BCUT2D eigenvalue weighted by Crippen LogP contribution is -1.98. The normalized spacial score (nSPS) is 12.9. The number of hydrogen-bond acceptors (Lipinski definition) is 3. The van der Waals surface area contributed by atoms with Crippen molar-refractivity contribution in [2.24, 2.45) is 0 Å². The molecule has 0 amide bonds. The summed E-state index contributed by atoms with van der Waals surface area (Å²) in [6.45, 7) is 0. The van der Waals surface area contributed by atoms with Gasteiger partial charge in [0.05, 0.1) is 15.8 Å². The zero-order chi connectivity index (χ0) is 14.3.